The second-order valence-electron chi connectivity index (χ2n) is 7.02. The molecule has 1 aromatic heterocycles. The molecule has 9 heteroatoms. The molecule has 0 bridgehead atoms. The highest BCUT2D eigenvalue weighted by Gasteiger charge is 2.24. The molecule has 1 fully saturated rings. The molecule has 1 aliphatic rings. The first-order valence-electron chi connectivity index (χ1n) is 9.34. The van der Waals surface area contributed by atoms with Gasteiger partial charge in [-0.05, 0) is 41.9 Å². The van der Waals surface area contributed by atoms with Crippen molar-refractivity contribution >= 4 is 63.5 Å². The fraction of sp³-hybridized carbons (Fsp3) is 0.350. The van der Waals surface area contributed by atoms with Crippen molar-refractivity contribution in [2.45, 2.75) is 13.8 Å². The Morgan fingerprint density at radius 2 is 1.90 bits per heavy atom. The van der Waals surface area contributed by atoms with Crippen LogP contribution in [0.4, 0.5) is 11.4 Å². The predicted molar refractivity (Wildman–Crippen MR) is 123 cm³/mol. The summed E-state index contributed by atoms with van der Waals surface area (Å²) in [5.41, 5.74) is 1.62. The van der Waals surface area contributed by atoms with Crippen LogP contribution in [0, 0.1) is 5.92 Å². The van der Waals surface area contributed by atoms with Crippen molar-refractivity contribution in [2.24, 2.45) is 5.92 Å². The molecular weight excluding hydrogens is 428 g/mol. The third-order valence-corrected chi connectivity index (χ3v) is 5.98. The summed E-state index contributed by atoms with van der Waals surface area (Å²) in [6, 6.07) is 9.13. The zero-order chi connectivity index (χ0) is 21.0. The van der Waals surface area contributed by atoms with Crippen molar-refractivity contribution in [3.8, 4) is 0 Å². The van der Waals surface area contributed by atoms with Crippen LogP contribution >= 0.6 is 35.2 Å². The van der Waals surface area contributed by atoms with Crippen LogP contribution in [0.1, 0.15) is 23.5 Å². The summed E-state index contributed by atoms with van der Waals surface area (Å²) < 4.78 is 0. The Kier molecular flexibility index (Phi) is 7.10. The maximum Gasteiger partial charge on any atom is 0.267 e. The summed E-state index contributed by atoms with van der Waals surface area (Å²) in [6.07, 6.45) is 0. The maximum absolute atomic E-state index is 12.1. The van der Waals surface area contributed by atoms with Crippen molar-refractivity contribution in [3.05, 3.63) is 45.6 Å². The van der Waals surface area contributed by atoms with Gasteiger partial charge in [-0.2, -0.15) is 0 Å². The average Bonchev–Trinajstić information content (AvgIpc) is 3.22. The van der Waals surface area contributed by atoms with Crippen LogP contribution in [-0.4, -0.2) is 48.0 Å². The first kappa shape index (κ1) is 21.5. The Morgan fingerprint density at radius 1 is 1.17 bits per heavy atom. The van der Waals surface area contributed by atoms with Crippen LogP contribution in [0.5, 0.6) is 0 Å². The molecule has 1 aromatic carbocycles. The quantitative estimate of drug-likeness (QED) is 0.693. The third-order valence-electron chi connectivity index (χ3n) is 4.60. The molecular formula is C20H23ClN4O2S2. The first-order chi connectivity index (χ1) is 13.8. The van der Waals surface area contributed by atoms with E-state index in [-0.39, 0.29) is 22.8 Å². The lowest BCUT2D eigenvalue weighted by Gasteiger charge is -2.37. The van der Waals surface area contributed by atoms with Crippen LogP contribution in [0.25, 0.3) is 0 Å². The van der Waals surface area contributed by atoms with Crippen LogP contribution in [0.15, 0.2) is 35.7 Å². The molecule has 2 aromatic rings. The number of rotatable bonds is 4. The van der Waals surface area contributed by atoms with Gasteiger partial charge in [0.15, 0.2) is 5.11 Å². The van der Waals surface area contributed by atoms with Gasteiger partial charge in [-0.1, -0.05) is 31.5 Å². The van der Waals surface area contributed by atoms with Crippen molar-refractivity contribution in [2.75, 3.05) is 36.4 Å². The Hall–Kier alpha value is -2.16. The lowest BCUT2D eigenvalue weighted by molar-refractivity contribution is -0.134. The normalized spacial score (nSPS) is 14.1. The van der Waals surface area contributed by atoms with Gasteiger partial charge in [0.25, 0.3) is 5.91 Å². The fourth-order valence-electron chi connectivity index (χ4n) is 3.11. The van der Waals surface area contributed by atoms with Gasteiger partial charge < -0.3 is 15.1 Å². The monoisotopic (exact) mass is 450 g/mol. The van der Waals surface area contributed by atoms with E-state index in [1.54, 1.807) is 12.1 Å². The molecule has 2 N–H and O–H groups in total. The molecule has 0 unspecified atom stereocenters. The largest absolute Gasteiger partial charge is 0.367 e. The van der Waals surface area contributed by atoms with Gasteiger partial charge in [-0.3, -0.25) is 14.9 Å². The second-order valence-corrected chi connectivity index (χ2v) is 8.78. The van der Waals surface area contributed by atoms with E-state index >= 15 is 0 Å². The molecule has 0 saturated carbocycles. The van der Waals surface area contributed by atoms with E-state index in [0.717, 1.165) is 18.8 Å². The van der Waals surface area contributed by atoms with Crippen molar-refractivity contribution < 1.29 is 9.59 Å². The van der Waals surface area contributed by atoms with Crippen molar-refractivity contribution in [3.63, 3.8) is 0 Å². The number of benzene rings is 1. The minimum absolute atomic E-state index is 0.0136. The number of carbonyl (C=O) groups excluding carboxylic acids is 2. The van der Waals surface area contributed by atoms with Gasteiger partial charge in [0.05, 0.1) is 15.6 Å². The van der Waals surface area contributed by atoms with E-state index in [1.807, 2.05) is 42.3 Å². The molecule has 2 heterocycles. The average molecular weight is 451 g/mol. The molecule has 6 nitrogen and oxygen atoms in total. The molecule has 0 aliphatic carbocycles. The molecule has 2 amide bonds. The number of anilines is 2. The Bertz CT molecular complexity index is 894. The predicted octanol–water partition coefficient (Wildman–Crippen LogP) is 3.83. The van der Waals surface area contributed by atoms with E-state index < -0.39 is 0 Å². The van der Waals surface area contributed by atoms with Gasteiger partial charge in [-0.25, -0.2) is 0 Å². The van der Waals surface area contributed by atoms with Gasteiger partial charge >= 0.3 is 0 Å². The minimum atomic E-state index is -0.242. The second kappa shape index (κ2) is 9.56. The molecule has 0 spiro atoms. The molecule has 0 atom stereocenters. The minimum Gasteiger partial charge on any atom is -0.367 e. The van der Waals surface area contributed by atoms with Crippen molar-refractivity contribution in [1.82, 2.24) is 10.2 Å². The molecule has 0 radical (unpaired) electrons. The van der Waals surface area contributed by atoms with Gasteiger partial charge in [0, 0.05) is 37.8 Å². The van der Waals surface area contributed by atoms with E-state index in [0.29, 0.717) is 28.7 Å². The number of nitrogens with zero attached hydrogens (tertiary/aromatic N) is 2. The van der Waals surface area contributed by atoms with Crippen LogP contribution in [0.2, 0.25) is 5.02 Å². The Morgan fingerprint density at radius 3 is 2.48 bits per heavy atom. The standard InChI is InChI=1S/C20H23ClN4O2S2/c1-13(2)19(27)25-9-7-24(8-10-25)16-6-5-14(12-15(16)21)22-20(28)23-18(26)17-4-3-11-29-17/h3-6,11-13H,7-10H2,1-2H3,(H2,22,23,26,28). The molecule has 3 rings (SSSR count). The Balaban J connectivity index is 1.57. The Labute approximate surface area is 184 Å². The van der Waals surface area contributed by atoms with Crippen LogP contribution in [0.3, 0.4) is 0 Å². The summed E-state index contributed by atoms with van der Waals surface area (Å²) in [7, 11) is 0. The van der Waals surface area contributed by atoms with Crippen molar-refractivity contribution in [1.29, 1.82) is 0 Å². The van der Waals surface area contributed by atoms with Gasteiger partial charge in [-0.15, -0.1) is 11.3 Å². The SMILES string of the molecule is CC(C)C(=O)N1CCN(c2ccc(NC(=S)NC(=O)c3cccs3)cc2Cl)CC1. The summed E-state index contributed by atoms with van der Waals surface area (Å²) in [5.74, 6) is -0.0397. The van der Waals surface area contributed by atoms with E-state index in [4.69, 9.17) is 23.8 Å². The summed E-state index contributed by atoms with van der Waals surface area (Å²) in [4.78, 5) is 28.9. The maximum atomic E-state index is 12.1. The third kappa shape index (κ3) is 5.46. The number of thiophene rings is 1. The van der Waals surface area contributed by atoms with E-state index in [2.05, 4.69) is 15.5 Å². The van der Waals surface area contributed by atoms with Crippen LogP contribution < -0.4 is 15.5 Å². The molecule has 29 heavy (non-hydrogen) atoms. The number of amides is 2. The smallest absolute Gasteiger partial charge is 0.267 e. The lowest BCUT2D eigenvalue weighted by atomic mass is 10.1. The lowest BCUT2D eigenvalue weighted by Crippen LogP contribution is -2.50. The van der Waals surface area contributed by atoms with Gasteiger partial charge in [0.2, 0.25) is 5.91 Å². The number of halogens is 1. The molecule has 1 saturated heterocycles. The summed E-state index contributed by atoms with van der Waals surface area (Å²) in [5, 5.41) is 8.28. The zero-order valence-corrected chi connectivity index (χ0v) is 18.7. The number of nitrogens with one attached hydrogen (secondary N) is 2. The summed E-state index contributed by atoms with van der Waals surface area (Å²) in [6.45, 7) is 6.69. The summed E-state index contributed by atoms with van der Waals surface area (Å²) >= 11 is 13.1. The number of hydrogen-bond acceptors (Lipinski definition) is 5. The number of thiocarbonyl (C=S) groups is 1. The number of carbonyl (C=O) groups is 2. The highest BCUT2D eigenvalue weighted by Crippen LogP contribution is 2.30. The number of piperazine rings is 1. The zero-order valence-electron chi connectivity index (χ0n) is 16.3. The van der Waals surface area contributed by atoms with Gasteiger partial charge in [0.1, 0.15) is 0 Å². The van der Waals surface area contributed by atoms with Crippen LogP contribution in [-0.2, 0) is 4.79 Å². The van der Waals surface area contributed by atoms with E-state index in [1.165, 1.54) is 11.3 Å². The number of hydrogen-bond donors (Lipinski definition) is 2. The van der Waals surface area contributed by atoms with E-state index in [9.17, 15) is 9.59 Å². The topological polar surface area (TPSA) is 64.7 Å². The highest BCUT2D eigenvalue weighted by atomic mass is 35.5. The molecule has 154 valence electrons. The molecule has 1 aliphatic heterocycles. The highest BCUT2D eigenvalue weighted by molar-refractivity contribution is 7.80. The fourth-order valence-corrected chi connectivity index (χ4v) is 4.24. The first-order valence-corrected chi connectivity index (χ1v) is 11.0.